The summed E-state index contributed by atoms with van der Waals surface area (Å²) in [6.45, 7) is 3.38. The van der Waals surface area contributed by atoms with Gasteiger partial charge in [-0.25, -0.2) is 8.42 Å². The molecular weight excluding hydrogens is 266 g/mol. The van der Waals surface area contributed by atoms with Gasteiger partial charge in [0.15, 0.2) is 9.84 Å². The molecule has 3 N–H and O–H groups in total. The predicted octanol–water partition coefficient (Wildman–Crippen LogP) is 0.484. The summed E-state index contributed by atoms with van der Waals surface area (Å²) in [4.78, 5) is 0.283. The number of aliphatic hydroxyl groups is 2. The topological polar surface area (TPSA) is 86.6 Å². The molecule has 0 saturated carbocycles. The normalized spacial score (nSPS) is 16.9. The Labute approximate surface area is 114 Å². The van der Waals surface area contributed by atoms with Gasteiger partial charge < -0.3 is 15.5 Å². The van der Waals surface area contributed by atoms with E-state index in [2.05, 4.69) is 5.32 Å². The Morgan fingerprint density at radius 3 is 2.26 bits per heavy atom. The molecule has 2 atom stereocenters. The minimum atomic E-state index is -3.18. The summed E-state index contributed by atoms with van der Waals surface area (Å²) < 4.78 is 22.7. The Kier molecular flexibility index (Phi) is 5.09. The average Bonchev–Trinajstić information content (AvgIpc) is 2.35. The molecule has 0 aromatic heterocycles. The molecule has 0 aliphatic rings. The minimum absolute atomic E-state index is 0.0494. The molecule has 108 valence electrons. The second-order valence-corrected chi connectivity index (χ2v) is 7.11. The van der Waals surface area contributed by atoms with Crippen molar-refractivity contribution in [3.63, 3.8) is 0 Å². The summed E-state index contributed by atoms with van der Waals surface area (Å²) >= 11 is 0. The zero-order chi connectivity index (χ0) is 14.7. The summed E-state index contributed by atoms with van der Waals surface area (Å²) in [5.41, 5.74) is -0.248. The molecule has 0 amide bonds. The molecule has 2 unspecified atom stereocenters. The molecule has 0 spiro atoms. The van der Waals surface area contributed by atoms with Crippen molar-refractivity contribution in [1.82, 2.24) is 5.32 Å². The lowest BCUT2D eigenvalue weighted by Crippen LogP contribution is -2.41. The smallest absolute Gasteiger partial charge is 0.175 e. The molecule has 1 rings (SSSR count). The van der Waals surface area contributed by atoms with Crippen molar-refractivity contribution in [2.24, 2.45) is 0 Å². The summed E-state index contributed by atoms with van der Waals surface area (Å²) in [5.74, 6) is 0. The monoisotopic (exact) mass is 287 g/mol. The highest BCUT2D eigenvalue weighted by molar-refractivity contribution is 7.90. The van der Waals surface area contributed by atoms with Crippen LogP contribution in [0.4, 0.5) is 0 Å². The Morgan fingerprint density at radius 1 is 1.32 bits per heavy atom. The molecular formula is C13H21NO4S. The van der Waals surface area contributed by atoms with E-state index in [1.54, 1.807) is 31.2 Å². The third kappa shape index (κ3) is 4.91. The molecule has 0 aliphatic heterocycles. The lowest BCUT2D eigenvalue weighted by Gasteiger charge is -2.24. The molecule has 0 aliphatic carbocycles. The van der Waals surface area contributed by atoms with E-state index < -0.39 is 15.4 Å². The molecule has 0 fully saturated rings. The van der Waals surface area contributed by atoms with Crippen molar-refractivity contribution in [2.45, 2.75) is 30.4 Å². The molecule has 0 bridgehead atoms. The number of hydrogen-bond donors (Lipinski definition) is 3. The maximum atomic E-state index is 11.3. The zero-order valence-electron chi connectivity index (χ0n) is 11.4. The summed E-state index contributed by atoms with van der Waals surface area (Å²) in [6.07, 6.45) is 1.17. The lowest BCUT2D eigenvalue weighted by atomic mass is 10.1. The maximum Gasteiger partial charge on any atom is 0.175 e. The van der Waals surface area contributed by atoms with E-state index in [1.165, 1.54) is 6.26 Å². The first-order chi connectivity index (χ1) is 8.65. The van der Waals surface area contributed by atoms with E-state index in [1.807, 2.05) is 6.92 Å². The molecule has 1 aromatic rings. The first-order valence-corrected chi connectivity index (χ1v) is 7.91. The SMILES string of the molecule is CC(NCC(C)(O)CO)c1ccc(S(C)(=O)=O)cc1. The molecule has 0 radical (unpaired) electrons. The highest BCUT2D eigenvalue weighted by Crippen LogP contribution is 2.16. The Balaban J connectivity index is 2.71. The number of benzene rings is 1. The van der Waals surface area contributed by atoms with Gasteiger partial charge in [-0.1, -0.05) is 12.1 Å². The van der Waals surface area contributed by atoms with Crippen molar-refractivity contribution in [3.05, 3.63) is 29.8 Å². The van der Waals surface area contributed by atoms with Gasteiger partial charge in [0.25, 0.3) is 0 Å². The van der Waals surface area contributed by atoms with E-state index in [0.717, 1.165) is 5.56 Å². The lowest BCUT2D eigenvalue weighted by molar-refractivity contribution is 0.00106. The number of aliphatic hydroxyl groups excluding tert-OH is 1. The summed E-state index contributed by atoms with van der Waals surface area (Å²) in [7, 11) is -3.18. The minimum Gasteiger partial charge on any atom is -0.393 e. The van der Waals surface area contributed by atoms with Gasteiger partial charge in [0.05, 0.1) is 17.1 Å². The molecule has 1 aromatic carbocycles. The van der Waals surface area contributed by atoms with Gasteiger partial charge >= 0.3 is 0 Å². The first kappa shape index (κ1) is 16.1. The van der Waals surface area contributed by atoms with Crippen LogP contribution < -0.4 is 5.32 Å². The van der Waals surface area contributed by atoms with Gasteiger partial charge in [-0.05, 0) is 31.5 Å². The van der Waals surface area contributed by atoms with E-state index in [-0.39, 0.29) is 24.1 Å². The van der Waals surface area contributed by atoms with Crippen LogP contribution in [0.2, 0.25) is 0 Å². The van der Waals surface area contributed by atoms with E-state index in [4.69, 9.17) is 5.11 Å². The van der Waals surface area contributed by atoms with Gasteiger partial charge in [0.1, 0.15) is 0 Å². The van der Waals surface area contributed by atoms with E-state index in [9.17, 15) is 13.5 Å². The van der Waals surface area contributed by atoms with Gasteiger partial charge in [-0.2, -0.15) is 0 Å². The summed E-state index contributed by atoms with van der Waals surface area (Å²) in [6, 6.07) is 6.55. The largest absolute Gasteiger partial charge is 0.393 e. The highest BCUT2D eigenvalue weighted by Gasteiger charge is 2.19. The van der Waals surface area contributed by atoms with Crippen LogP contribution in [0.3, 0.4) is 0 Å². The second kappa shape index (κ2) is 6.00. The molecule has 0 heterocycles. The standard InChI is InChI=1S/C13H21NO4S/c1-10(14-8-13(2,16)9-15)11-4-6-12(7-5-11)19(3,17)18/h4-7,10,14-16H,8-9H2,1-3H3. The van der Waals surface area contributed by atoms with Crippen molar-refractivity contribution in [3.8, 4) is 0 Å². The number of nitrogens with one attached hydrogen (secondary N) is 1. The van der Waals surface area contributed by atoms with Gasteiger partial charge in [0, 0.05) is 18.8 Å². The molecule has 0 saturated heterocycles. The Hall–Kier alpha value is -0.950. The number of sulfone groups is 1. The van der Waals surface area contributed by atoms with E-state index in [0.29, 0.717) is 0 Å². The van der Waals surface area contributed by atoms with Crippen molar-refractivity contribution in [2.75, 3.05) is 19.4 Å². The van der Waals surface area contributed by atoms with Crippen LogP contribution in [-0.2, 0) is 9.84 Å². The van der Waals surface area contributed by atoms with Crippen LogP contribution in [0, 0.1) is 0 Å². The zero-order valence-corrected chi connectivity index (χ0v) is 12.2. The number of rotatable bonds is 6. The van der Waals surface area contributed by atoms with E-state index >= 15 is 0 Å². The average molecular weight is 287 g/mol. The molecule has 5 nitrogen and oxygen atoms in total. The second-order valence-electron chi connectivity index (χ2n) is 5.10. The fourth-order valence-corrected chi connectivity index (χ4v) is 2.18. The van der Waals surface area contributed by atoms with Gasteiger partial charge in [0.2, 0.25) is 0 Å². The van der Waals surface area contributed by atoms with Crippen LogP contribution in [0.1, 0.15) is 25.5 Å². The maximum absolute atomic E-state index is 11.3. The van der Waals surface area contributed by atoms with Crippen molar-refractivity contribution < 1.29 is 18.6 Å². The third-order valence-electron chi connectivity index (χ3n) is 2.94. The van der Waals surface area contributed by atoms with Crippen LogP contribution >= 0.6 is 0 Å². The Morgan fingerprint density at radius 2 is 1.84 bits per heavy atom. The third-order valence-corrected chi connectivity index (χ3v) is 4.07. The van der Waals surface area contributed by atoms with Crippen molar-refractivity contribution in [1.29, 1.82) is 0 Å². The molecule has 19 heavy (non-hydrogen) atoms. The predicted molar refractivity (Wildman–Crippen MR) is 73.7 cm³/mol. The van der Waals surface area contributed by atoms with Crippen LogP contribution in [0.5, 0.6) is 0 Å². The first-order valence-electron chi connectivity index (χ1n) is 6.02. The van der Waals surface area contributed by atoms with Crippen LogP contribution in [0.15, 0.2) is 29.2 Å². The number of hydrogen-bond acceptors (Lipinski definition) is 5. The highest BCUT2D eigenvalue weighted by atomic mass is 32.2. The van der Waals surface area contributed by atoms with Crippen molar-refractivity contribution >= 4 is 9.84 Å². The van der Waals surface area contributed by atoms with Crippen LogP contribution in [0.25, 0.3) is 0 Å². The van der Waals surface area contributed by atoms with Gasteiger partial charge in [-0.3, -0.25) is 0 Å². The molecule has 6 heteroatoms. The van der Waals surface area contributed by atoms with Crippen LogP contribution in [-0.4, -0.2) is 43.6 Å². The fraction of sp³-hybridized carbons (Fsp3) is 0.538. The fourth-order valence-electron chi connectivity index (χ4n) is 1.55. The quantitative estimate of drug-likeness (QED) is 0.708. The summed E-state index contributed by atoms with van der Waals surface area (Å²) in [5, 5.41) is 21.7. The van der Waals surface area contributed by atoms with Gasteiger partial charge in [-0.15, -0.1) is 0 Å². The Bertz CT molecular complexity index is 508.